The summed E-state index contributed by atoms with van der Waals surface area (Å²) in [6.07, 6.45) is 1.06. The molecule has 1 aliphatic carbocycles. The predicted octanol–water partition coefficient (Wildman–Crippen LogP) is 4.12. The van der Waals surface area contributed by atoms with Crippen LogP contribution in [0, 0.1) is 10.1 Å². The van der Waals surface area contributed by atoms with Gasteiger partial charge in [-0.15, -0.1) is 0 Å². The van der Waals surface area contributed by atoms with Crippen molar-refractivity contribution < 1.29 is 28.0 Å². The van der Waals surface area contributed by atoms with Crippen LogP contribution in [0.3, 0.4) is 0 Å². The topological polar surface area (TPSA) is 78.7 Å². The highest BCUT2D eigenvalue weighted by Gasteiger charge is 2.21. The Labute approximate surface area is 134 Å². The van der Waals surface area contributed by atoms with Crippen LogP contribution in [0.5, 0.6) is 17.2 Å². The summed E-state index contributed by atoms with van der Waals surface area (Å²) in [5.74, 6) is 0.00386. The molecule has 1 aliphatic rings. The van der Waals surface area contributed by atoms with Crippen molar-refractivity contribution in [2.45, 2.75) is 19.5 Å². The number of nitro benzene ring substituents is 1. The van der Waals surface area contributed by atoms with Crippen LogP contribution in [-0.2, 0) is 6.42 Å². The van der Waals surface area contributed by atoms with Crippen LogP contribution in [0.1, 0.15) is 22.3 Å². The molecule has 0 aromatic heterocycles. The highest BCUT2D eigenvalue weighted by Crippen LogP contribution is 2.35. The van der Waals surface area contributed by atoms with Gasteiger partial charge in [0.1, 0.15) is 11.5 Å². The van der Waals surface area contributed by atoms with Gasteiger partial charge in [-0.1, -0.05) is 0 Å². The molecule has 2 aromatic rings. The van der Waals surface area contributed by atoms with Gasteiger partial charge in [-0.2, -0.15) is 8.78 Å². The fraction of sp³-hybridized carbons (Fsp3) is 0.188. The number of rotatable bonds is 5. The van der Waals surface area contributed by atoms with E-state index >= 15 is 0 Å². The average Bonchev–Trinajstić information content (AvgIpc) is 2.87. The van der Waals surface area contributed by atoms with Gasteiger partial charge in [-0.25, -0.2) is 0 Å². The second kappa shape index (κ2) is 6.23. The van der Waals surface area contributed by atoms with Crippen molar-refractivity contribution in [3.05, 3.63) is 57.6 Å². The number of hydrogen-bond donors (Lipinski definition) is 0. The molecule has 0 amide bonds. The first-order valence-corrected chi connectivity index (χ1v) is 7.01. The Morgan fingerprint density at radius 3 is 2.50 bits per heavy atom. The number of hydrogen-bond acceptors (Lipinski definition) is 5. The Morgan fingerprint density at radius 1 is 1.08 bits per heavy atom. The number of ketones is 1. The Kier molecular flexibility index (Phi) is 4.11. The molecule has 2 aromatic carbocycles. The summed E-state index contributed by atoms with van der Waals surface area (Å²) in [7, 11) is 0. The van der Waals surface area contributed by atoms with E-state index in [9.17, 15) is 23.7 Å². The summed E-state index contributed by atoms with van der Waals surface area (Å²) >= 11 is 0. The molecule has 0 bridgehead atoms. The van der Waals surface area contributed by atoms with E-state index in [2.05, 4.69) is 4.74 Å². The number of alkyl halides is 2. The molecule has 0 saturated heterocycles. The van der Waals surface area contributed by atoms with Gasteiger partial charge in [0.15, 0.2) is 5.78 Å². The van der Waals surface area contributed by atoms with Crippen LogP contribution < -0.4 is 9.47 Å². The summed E-state index contributed by atoms with van der Waals surface area (Å²) in [6, 6.07) is 8.26. The van der Waals surface area contributed by atoms with Crippen LogP contribution in [-0.4, -0.2) is 17.3 Å². The standard InChI is InChI=1S/C16H11F2NO5/c17-16(18)24-15-8-11(3-5-13(15)19(21)22)23-10-2-4-12-9(7-10)1-6-14(12)20/h2-5,7-8,16H,1,6H2. The van der Waals surface area contributed by atoms with Gasteiger partial charge < -0.3 is 9.47 Å². The first-order chi connectivity index (χ1) is 11.4. The zero-order valence-corrected chi connectivity index (χ0v) is 12.2. The summed E-state index contributed by atoms with van der Waals surface area (Å²) in [4.78, 5) is 21.6. The van der Waals surface area contributed by atoms with Gasteiger partial charge in [0.25, 0.3) is 0 Å². The van der Waals surface area contributed by atoms with Gasteiger partial charge in [0.2, 0.25) is 5.75 Å². The van der Waals surface area contributed by atoms with Crippen molar-refractivity contribution in [2.75, 3.05) is 0 Å². The first-order valence-electron chi connectivity index (χ1n) is 7.01. The zero-order chi connectivity index (χ0) is 17.3. The fourth-order valence-electron chi connectivity index (χ4n) is 2.53. The lowest BCUT2D eigenvalue weighted by atomic mass is 10.1. The molecule has 0 radical (unpaired) electrons. The van der Waals surface area contributed by atoms with Gasteiger partial charge in [0.05, 0.1) is 4.92 Å². The molecule has 0 fully saturated rings. The van der Waals surface area contributed by atoms with Crippen molar-refractivity contribution in [2.24, 2.45) is 0 Å². The fourth-order valence-corrected chi connectivity index (χ4v) is 2.53. The van der Waals surface area contributed by atoms with E-state index in [1.165, 1.54) is 6.07 Å². The van der Waals surface area contributed by atoms with Crippen molar-refractivity contribution in [3.8, 4) is 17.2 Å². The number of fused-ring (bicyclic) bond motifs is 1. The van der Waals surface area contributed by atoms with E-state index in [0.717, 1.165) is 17.7 Å². The molecule has 3 rings (SSSR count). The van der Waals surface area contributed by atoms with E-state index in [0.29, 0.717) is 24.2 Å². The van der Waals surface area contributed by atoms with E-state index in [1.54, 1.807) is 18.2 Å². The largest absolute Gasteiger partial charge is 0.457 e. The van der Waals surface area contributed by atoms with Gasteiger partial charge >= 0.3 is 12.3 Å². The van der Waals surface area contributed by atoms with Crippen LogP contribution in [0.25, 0.3) is 0 Å². The van der Waals surface area contributed by atoms with Gasteiger partial charge in [-0.05, 0) is 36.2 Å². The molecule has 0 unspecified atom stereocenters. The molecule has 0 heterocycles. The monoisotopic (exact) mass is 335 g/mol. The molecule has 0 aliphatic heterocycles. The normalized spacial score (nSPS) is 13.0. The summed E-state index contributed by atoms with van der Waals surface area (Å²) < 4.78 is 34.5. The molecule has 0 spiro atoms. The highest BCUT2D eigenvalue weighted by atomic mass is 19.3. The number of nitrogens with zero attached hydrogens (tertiary/aromatic N) is 1. The Hall–Kier alpha value is -3.03. The molecule has 8 heteroatoms. The molecule has 0 atom stereocenters. The summed E-state index contributed by atoms with van der Waals surface area (Å²) in [6.45, 7) is -3.19. The highest BCUT2D eigenvalue weighted by molar-refractivity contribution is 6.00. The number of benzene rings is 2. The Bertz CT molecular complexity index is 822. The number of carbonyl (C=O) groups excluding carboxylic acids is 1. The summed E-state index contributed by atoms with van der Waals surface area (Å²) in [5.41, 5.74) is 0.915. The maximum absolute atomic E-state index is 12.4. The third-order valence-electron chi connectivity index (χ3n) is 3.58. The van der Waals surface area contributed by atoms with Crippen LogP contribution in [0.4, 0.5) is 14.5 Å². The lowest BCUT2D eigenvalue weighted by molar-refractivity contribution is -0.386. The third kappa shape index (κ3) is 3.17. The van der Waals surface area contributed by atoms with Gasteiger partial charge in [-0.3, -0.25) is 14.9 Å². The number of aryl methyl sites for hydroxylation is 1. The quantitative estimate of drug-likeness (QED) is 0.607. The molecule has 0 N–H and O–H groups in total. The van der Waals surface area contributed by atoms with Crippen molar-refractivity contribution in [1.82, 2.24) is 0 Å². The minimum absolute atomic E-state index is 0.0690. The number of halogens is 2. The molecule has 6 nitrogen and oxygen atoms in total. The smallest absolute Gasteiger partial charge is 0.387 e. The maximum Gasteiger partial charge on any atom is 0.387 e. The van der Waals surface area contributed by atoms with Crippen molar-refractivity contribution >= 4 is 11.5 Å². The Balaban J connectivity index is 1.87. The Morgan fingerprint density at radius 2 is 1.79 bits per heavy atom. The van der Waals surface area contributed by atoms with E-state index in [4.69, 9.17) is 4.74 Å². The van der Waals surface area contributed by atoms with Crippen LogP contribution in [0.15, 0.2) is 36.4 Å². The second-order valence-corrected chi connectivity index (χ2v) is 5.11. The first kappa shape index (κ1) is 15.9. The van der Waals surface area contributed by atoms with E-state index in [1.807, 2.05) is 0 Å². The van der Waals surface area contributed by atoms with Crippen molar-refractivity contribution in [3.63, 3.8) is 0 Å². The van der Waals surface area contributed by atoms with Crippen LogP contribution in [0.2, 0.25) is 0 Å². The number of ether oxygens (including phenoxy) is 2. The lowest BCUT2D eigenvalue weighted by Crippen LogP contribution is -2.04. The third-order valence-corrected chi connectivity index (χ3v) is 3.58. The van der Waals surface area contributed by atoms with Crippen molar-refractivity contribution in [1.29, 1.82) is 0 Å². The predicted molar refractivity (Wildman–Crippen MR) is 78.9 cm³/mol. The van der Waals surface area contributed by atoms with E-state index in [-0.39, 0.29) is 11.5 Å². The molecular weight excluding hydrogens is 324 g/mol. The molecule has 0 saturated carbocycles. The molecular formula is C16H11F2NO5. The van der Waals surface area contributed by atoms with E-state index < -0.39 is 23.0 Å². The molecule has 24 heavy (non-hydrogen) atoms. The number of Topliss-reactive ketones (excluding diaryl/α,β-unsaturated/α-hetero) is 1. The maximum atomic E-state index is 12.4. The SMILES string of the molecule is O=C1CCc2cc(Oc3ccc([N+](=O)[O-])c(OC(F)F)c3)ccc21. The number of carbonyl (C=O) groups is 1. The average molecular weight is 335 g/mol. The second-order valence-electron chi connectivity index (χ2n) is 5.11. The minimum Gasteiger partial charge on any atom is -0.457 e. The minimum atomic E-state index is -3.19. The number of nitro groups is 1. The summed E-state index contributed by atoms with van der Waals surface area (Å²) in [5, 5.41) is 10.8. The zero-order valence-electron chi connectivity index (χ0n) is 12.2. The van der Waals surface area contributed by atoms with Gasteiger partial charge in [0, 0.05) is 24.1 Å². The lowest BCUT2D eigenvalue weighted by Gasteiger charge is -2.10. The molecule has 124 valence electrons. The van der Waals surface area contributed by atoms with Crippen LogP contribution >= 0.6 is 0 Å².